The number of hydrogen-bond donors (Lipinski definition) is 2. The fourth-order valence-corrected chi connectivity index (χ4v) is 4.02. The molecule has 0 radical (unpaired) electrons. The van der Waals surface area contributed by atoms with Crippen LogP contribution in [0.4, 0.5) is 5.69 Å². The van der Waals surface area contributed by atoms with Gasteiger partial charge in [-0.15, -0.1) is 0 Å². The summed E-state index contributed by atoms with van der Waals surface area (Å²) in [6.07, 6.45) is 4.66. The van der Waals surface area contributed by atoms with E-state index in [0.717, 1.165) is 34.4 Å². The summed E-state index contributed by atoms with van der Waals surface area (Å²) < 4.78 is 0.758. The van der Waals surface area contributed by atoms with Crippen LogP contribution in [0.15, 0.2) is 12.1 Å². The zero-order valence-corrected chi connectivity index (χ0v) is 15.5. The van der Waals surface area contributed by atoms with E-state index in [2.05, 4.69) is 17.7 Å². The zero-order valence-electron chi connectivity index (χ0n) is 14.7. The fourth-order valence-electron chi connectivity index (χ4n) is 3.69. The maximum absolute atomic E-state index is 12.9. The maximum Gasteiger partial charge on any atom is 0.298 e. The van der Waals surface area contributed by atoms with Crippen molar-refractivity contribution in [1.29, 1.82) is 0 Å². The van der Waals surface area contributed by atoms with Crippen molar-refractivity contribution in [2.75, 3.05) is 32.5 Å². The number of benzene rings is 1. The molecule has 0 saturated carbocycles. The average molecular weight is 339 g/mol. The van der Waals surface area contributed by atoms with Gasteiger partial charge in [-0.25, -0.2) is 0 Å². The molecule has 1 aliphatic heterocycles. The molecule has 1 heterocycles. The molecule has 0 aromatic heterocycles. The van der Waals surface area contributed by atoms with Gasteiger partial charge in [-0.2, -0.15) is 0 Å². The lowest BCUT2D eigenvalue weighted by molar-refractivity contribution is -0.926. The van der Waals surface area contributed by atoms with E-state index in [4.69, 9.17) is 11.6 Å². The van der Waals surface area contributed by atoms with Crippen LogP contribution in [0.1, 0.15) is 36.8 Å². The van der Waals surface area contributed by atoms with Crippen LogP contribution in [-0.4, -0.2) is 43.7 Å². The predicted octanol–water partition coefficient (Wildman–Crippen LogP) is 3.46. The predicted molar refractivity (Wildman–Crippen MR) is 96.8 cm³/mol. The number of rotatable bonds is 4. The number of aryl methyl sites for hydroxylation is 2. The van der Waals surface area contributed by atoms with Gasteiger partial charge in [0.05, 0.1) is 20.1 Å². The Morgan fingerprint density at radius 2 is 1.65 bits per heavy atom. The van der Waals surface area contributed by atoms with Crippen LogP contribution in [0.5, 0.6) is 0 Å². The minimum absolute atomic E-state index is 0.0328. The molecule has 4 nitrogen and oxygen atoms in total. The number of nitrogens with one attached hydrogen (secondary N) is 2. The van der Waals surface area contributed by atoms with Crippen molar-refractivity contribution >= 4 is 23.2 Å². The van der Waals surface area contributed by atoms with Crippen LogP contribution in [0.3, 0.4) is 0 Å². The van der Waals surface area contributed by atoms with Gasteiger partial charge in [0.1, 0.15) is 0 Å². The van der Waals surface area contributed by atoms with Crippen molar-refractivity contribution in [2.24, 2.45) is 0 Å². The van der Waals surface area contributed by atoms with Crippen LogP contribution < -0.4 is 10.6 Å². The Kier molecular flexibility index (Phi) is 6.06. The van der Waals surface area contributed by atoms with E-state index in [1.165, 1.54) is 25.7 Å². The molecular weight excluding hydrogens is 310 g/mol. The average Bonchev–Trinajstić information content (AvgIpc) is 2.69. The molecule has 1 amide bonds. The molecule has 1 saturated heterocycles. The summed E-state index contributed by atoms with van der Waals surface area (Å²) in [5.74, 6) is 0.0328. The largest absolute Gasteiger partial charge is 0.319 e. The number of likely N-dealkylation sites (tertiary alicyclic amines) is 1. The van der Waals surface area contributed by atoms with Crippen LogP contribution in [0.2, 0.25) is 5.02 Å². The van der Waals surface area contributed by atoms with Crippen LogP contribution >= 0.6 is 11.6 Å². The minimum Gasteiger partial charge on any atom is -0.319 e. The second-order valence-electron chi connectivity index (χ2n) is 6.94. The second kappa shape index (κ2) is 7.65. The highest BCUT2D eigenvalue weighted by molar-refractivity contribution is 6.30. The first kappa shape index (κ1) is 18.2. The first-order valence-electron chi connectivity index (χ1n) is 8.46. The number of anilines is 1. The second-order valence-corrected chi connectivity index (χ2v) is 7.37. The summed E-state index contributed by atoms with van der Waals surface area (Å²) in [6.45, 7) is 6.03. The lowest BCUT2D eigenvalue weighted by Crippen LogP contribution is -2.63. The number of carbonyl (C=O) groups excluding carboxylic acids is 1. The number of halogens is 1. The molecule has 1 fully saturated rings. The summed E-state index contributed by atoms with van der Waals surface area (Å²) in [6, 6.07) is 3.78. The van der Waals surface area contributed by atoms with Crippen molar-refractivity contribution in [2.45, 2.75) is 45.7 Å². The number of likely N-dealkylation sites (N-methyl/N-ethyl adjacent to an activating group) is 2. The number of amides is 1. The molecule has 2 N–H and O–H groups in total. The van der Waals surface area contributed by atoms with Crippen molar-refractivity contribution in [3.8, 4) is 0 Å². The van der Waals surface area contributed by atoms with Gasteiger partial charge in [0.25, 0.3) is 5.91 Å². The third-order valence-electron chi connectivity index (χ3n) is 4.98. The molecule has 1 aromatic carbocycles. The topological polar surface area (TPSA) is 41.1 Å². The standard InChI is InChI=1S/C18H28ClN3O/c1-13-11-15(19)12-14(2)16(13)21-18(23)17(20-3)22(4)9-7-5-6-8-10-22/h11-12,17,20H,5-10H2,1-4H3/p+1. The van der Waals surface area contributed by atoms with Crippen molar-refractivity contribution in [1.82, 2.24) is 5.32 Å². The number of carbonyl (C=O) groups is 1. The zero-order chi connectivity index (χ0) is 17.0. The lowest BCUT2D eigenvalue weighted by Gasteiger charge is -2.39. The summed E-state index contributed by atoms with van der Waals surface area (Å²) >= 11 is 6.08. The van der Waals surface area contributed by atoms with Gasteiger partial charge in [-0.3, -0.25) is 10.1 Å². The van der Waals surface area contributed by atoms with E-state index in [0.29, 0.717) is 5.02 Å². The van der Waals surface area contributed by atoms with Crippen LogP contribution in [0, 0.1) is 13.8 Å². The number of nitrogens with zero attached hydrogens (tertiary/aromatic N) is 1. The monoisotopic (exact) mass is 338 g/mol. The van der Waals surface area contributed by atoms with E-state index in [1.807, 2.05) is 33.0 Å². The highest BCUT2D eigenvalue weighted by atomic mass is 35.5. The van der Waals surface area contributed by atoms with E-state index >= 15 is 0 Å². The van der Waals surface area contributed by atoms with E-state index in [9.17, 15) is 4.79 Å². The molecule has 1 unspecified atom stereocenters. The van der Waals surface area contributed by atoms with E-state index < -0.39 is 0 Å². The van der Waals surface area contributed by atoms with Crippen LogP contribution in [0.25, 0.3) is 0 Å². The molecule has 1 atom stereocenters. The molecule has 0 spiro atoms. The smallest absolute Gasteiger partial charge is 0.298 e. The molecule has 0 aliphatic carbocycles. The maximum atomic E-state index is 12.9. The van der Waals surface area contributed by atoms with Gasteiger partial charge < -0.3 is 9.80 Å². The van der Waals surface area contributed by atoms with Gasteiger partial charge in [0, 0.05) is 10.7 Å². The molecule has 5 heteroatoms. The first-order valence-corrected chi connectivity index (χ1v) is 8.84. The molecule has 23 heavy (non-hydrogen) atoms. The molecule has 1 aliphatic rings. The van der Waals surface area contributed by atoms with Crippen molar-refractivity contribution < 1.29 is 9.28 Å². The Bertz CT molecular complexity index is 542. The van der Waals surface area contributed by atoms with E-state index in [1.54, 1.807) is 0 Å². The highest BCUT2D eigenvalue weighted by Gasteiger charge is 2.37. The third-order valence-corrected chi connectivity index (χ3v) is 5.20. The quantitative estimate of drug-likeness (QED) is 0.825. The van der Waals surface area contributed by atoms with Gasteiger partial charge >= 0.3 is 0 Å². The van der Waals surface area contributed by atoms with Gasteiger partial charge in [-0.1, -0.05) is 11.6 Å². The Morgan fingerprint density at radius 1 is 1.13 bits per heavy atom. The molecule has 2 rings (SSSR count). The Hall–Kier alpha value is -1.10. The molecular formula is C18H29ClN3O+. The SMILES string of the molecule is CNC(C(=O)Nc1c(C)cc(Cl)cc1C)[N+]1(C)CCCCCC1. The van der Waals surface area contributed by atoms with E-state index in [-0.39, 0.29) is 12.1 Å². The van der Waals surface area contributed by atoms with Gasteiger partial charge in [0.2, 0.25) is 6.17 Å². The highest BCUT2D eigenvalue weighted by Crippen LogP contribution is 2.26. The first-order chi connectivity index (χ1) is 10.9. The lowest BCUT2D eigenvalue weighted by atomic mass is 10.1. The Morgan fingerprint density at radius 3 is 2.13 bits per heavy atom. The normalized spacial score (nSPS) is 19.0. The summed E-state index contributed by atoms with van der Waals surface area (Å²) in [4.78, 5) is 12.9. The van der Waals surface area contributed by atoms with Crippen molar-refractivity contribution in [3.63, 3.8) is 0 Å². The minimum atomic E-state index is -0.234. The van der Waals surface area contributed by atoms with Crippen molar-refractivity contribution in [3.05, 3.63) is 28.3 Å². The van der Waals surface area contributed by atoms with Gasteiger partial charge in [0.15, 0.2) is 0 Å². The Balaban J connectivity index is 2.20. The molecule has 128 valence electrons. The molecule has 0 bridgehead atoms. The fraction of sp³-hybridized carbons (Fsp3) is 0.611. The number of hydrogen-bond acceptors (Lipinski definition) is 2. The van der Waals surface area contributed by atoms with Gasteiger partial charge in [-0.05, 0) is 69.8 Å². The van der Waals surface area contributed by atoms with Crippen LogP contribution in [-0.2, 0) is 4.79 Å². The Labute approximate surface area is 144 Å². The summed E-state index contributed by atoms with van der Waals surface area (Å²) in [5.41, 5.74) is 2.87. The number of quaternary nitrogens is 1. The molecule has 1 aromatic rings. The third kappa shape index (κ3) is 4.25. The summed E-state index contributed by atoms with van der Waals surface area (Å²) in [5, 5.41) is 7.07. The summed E-state index contributed by atoms with van der Waals surface area (Å²) in [7, 11) is 4.06.